The van der Waals surface area contributed by atoms with Gasteiger partial charge in [0, 0.05) is 17.6 Å². The van der Waals surface area contributed by atoms with Gasteiger partial charge in [0.2, 0.25) is 11.8 Å². The number of anilines is 1. The van der Waals surface area contributed by atoms with Gasteiger partial charge >= 0.3 is 0 Å². The van der Waals surface area contributed by atoms with E-state index in [1.807, 2.05) is 6.92 Å². The quantitative estimate of drug-likeness (QED) is 0.383. The van der Waals surface area contributed by atoms with Crippen molar-refractivity contribution in [2.24, 2.45) is 0 Å². The highest BCUT2D eigenvalue weighted by Gasteiger charge is 2.33. The minimum Gasteiger partial charge on any atom is -0.497 e. The smallest absolute Gasteiger partial charge is 0.264 e. The number of nitrogens with zero attached hydrogens (tertiary/aromatic N) is 2. The van der Waals surface area contributed by atoms with Gasteiger partial charge in [0.25, 0.3) is 10.0 Å². The molecule has 0 radical (unpaired) electrons. The summed E-state index contributed by atoms with van der Waals surface area (Å²) < 4.78 is 48.5. The van der Waals surface area contributed by atoms with Crippen LogP contribution >= 0.6 is 0 Å². The van der Waals surface area contributed by atoms with Gasteiger partial charge in [-0.3, -0.25) is 13.9 Å². The Kier molecular flexibility index (Phi) is 9.57. The monoisotopic (exact) mass is 569 g/mol. The van der Waals surface area contributed by atoms with Crippen LogP contribution in [-0.2, 0) is 26.2 Å². The van der Waals surface area contributed by atoms with Gasteiger partial charge in [-0.25, -0.2) is 12.8 Å². The Balaban J connectivity index is 2.05. The van der Waals surface area contributed by atoms with Crippen LogP contribution in [0.15, 0.2) is 77.7 Å². The summed E-state index contributed by atoms with van der Waals surface area (Å²) in [6.45, 7) is 7.94. The summed E-state index contributed by atoms with van der Waals surface area (Å²) in [6.07, 6.45) is 0. The second-order valence-electron chi connectivity index (χ2n) is 10.6. The minimum absolute atomic E-state index is 0.000830. The molecule has 0 bridgehead atoms. The summed E-state index contributed by atoms with van der Waals surface area (Å²) in [5, 5.41) is 2.84. The largest absolute Gasteiger partial charge is 0.497 e. The molecule has 8 nitrogen and oxygen atoms in total. The van der Waals surface area contributed by atoms with E-state index in [0.29, 0.717) is 5.75 Å². The van der Waals surface area contributed by atoms with Crippen LogP contribution in [0.25, 0.3) is 0 Å². The first-order valence-corrected chi connectivity index (χ1v) is 14.3. The second kappa shape index (κ2) is 12.5. The Morgan fingerprint density at radius 2 is 1.57 bits per heavy atom. The lowest BCUT2D eigenvalue weighted by Crippen LogP contribution is -2.54. The highest BCUT2D eigenvalue weighted by Crippen LogP contribution is 2.27. The highest BCUT2D eigenvalue weighted by molar-refractivity contribution is 7.92. The number of ether oxygens (including phenoxy) is 1. The highest BCUT2D eigenvalue weighted by atomic mass is 32.2. The van der Waals surface area contributed by atoms with Crippen LogP contribution in [0.5, 0.6) is 5.75 Å². The van der Waals surface area contributed by atoms with E-state index in [1.165, 1.54) is 61.4 Å². The lowest BCUT2D eigenvalue weighted by atomic mass is 10.1. The molecule has 0 heterocycles. The van der Waals surface area contributed by atoms with Gasteiger partial charge < -0.3 is 15.0 Å². The summed E-state index contributed by atoms with van der Waals surface area (Å²) in [5.74, 6) is -1.15. The molecule has 1 N–H and O–H groups in total. The van der Waals surface area contributed by atoms with E-state index in [2.05, 4.69) is 5.32 Å². The molecule has 10 heteroatoms. The van der Waals surface area contributed by atoms with Crippen LogP contribution in [0.2, 0.25) is 0 Å². The van der Waals surface area contributed by atoms with Gasteiger partial charge in [0.15, 0.2) is 0 Å². The molecule has 0 aliphatic heterocycles. The normalized spacial score (nSPS) is 12.4. The Morgan fingerprint density at radius 1 is 0.975 bits per heavy atom. The van der Waals surface area contributed by atoms with Crippen LogP contribution < -0.4 is 14.4 Å². The van der Waals surface area contributed by atoms with Crippen LogP contribution in [0.4, 0.5) is 10.1 Å². The predicted molar refractivity (Wildman–Crippen MR) is 153 cm³/mol. The summed E-state index contributed by atoms with van der Waals surface area (Å²) in [7, 11) is -2.71. The van der Waals surface area contributed by atoms with Crippen LogP contribution in [-0.4, -0.2) is 50.4 Å². The third-order valence-electron chi connectivity index (χ3n) is 6.21. The van der Waals surface area contributed by atoms with Gasteiger partial charge in [-0.05, 0) is 77.1 Å². The molecular formula is C30H36FN3O5S. The summed E-state index contributed by atoms with van der Waals surface area (Å²) in [4.78, 5) is 28.2. The molecule has 0 saturated carbocycles. The average molecular weight is 570 g/mol. The first kappa shape index (κ1) is 30.6. The summed E-state index contributed by atoms with van der Waals surface area (Å²) in [5.41, 5.74) is 0.721. The molecule has 214 valence electrons. The van der Waals surface area contributed by atoms with Gasteiger partial charge in [-0.2, -0.15) is 0 Å². The molecular weight excluding hydrogens is 533 g/mol. The van der Waals surface area contributed by atoms with E-state index < -0.39 is 45.8 Å². The number of nitrogens with one attached hydrogen (secondary N) is 1. The predicted octanol–water partition coefficient (Wildman–Crippen LogP) is 4.67. The summed E-state index contributed by atoms with van der Waals surface area (Å²) in [6, 6.07) is 17.5. The van der Waals surface area contributed by atoms with Crippen molar-refractivity contribution < 1.29 is 27.1 Å². The third-order valence-corrected chi connectivity index (χ3v) is 8.00. The molecule has 3 aromatic rings. The van der Waals surface area contributed by atoms with Gasteiger partial charge in [-0.1, -0.05) is 35.9 Å². The fourth-order valence-corrected chi connectivity index (χ4v) is 5.40. The lowest BCUT2D eigenvalue weighted by molar-refractivity contribution is -0.140. The molecule has 0 unspecified atom stereocenters. The molecule has 0 saturated heterocycles. The van der Waals surface area contributed by atoms with Crippen molar-refractivity contribution in [3.05, 3.63) is 89.7 Å². The number of aryl methyl sites for hydroxylation is 1. The van der Waals surface area contributed by atoms with Crippen molar-refractivity contribution in [1.29, 1.82) is 0 Å². The van der Waals surface area contributed by atoms with Gasteiger partial charge in [0.05, 0.1) is 17.7 Å². The molecule has 0 aliphatic carbocycles. The Morgan fingerprint density at radius 3 is 2.12 bits per heavy atom. The Hall–Kier alpha value is -3.92. The number of benzene rings is 3. The lowest BCUT2D eigenvalue weighted by Gasteiger charge is -2.33. The van der Waals surface area contributed by atoms with E-state index in [1.54, 1.807) is 51.1 Å². The van der Waals surface area contributed by atoms with Gasteiger partial charge in [-0.15, -0.1) is 0 Å². The maximum absolute atomic E-state index is 14.6. The van der Waals surface area contributed by atoms with Crippen molar-refractivity contribution in [1.82, 2.24) is 10.2 Å². The molecule has 0 spiro atoms. The minimum atomic E-state index is -4.20. The first-order valence-electron chi connectivity index (χ1n) is 12.8. The van der Waals surface area contributed by atoms with Crippen molar-refractivity contribution >= 4 is 27.5 Å². The molecule has 0 aliphatic rings. The fourth-order valence-electron chi connectivity index (χ4n) is 3.98. The standard InChI is InChI=1S/C30H36FN3O5S/c1-21-11-17-26(18-12-21)40(37,38)34(24-13-15-25(39-6)16-14-24)20-28(35)33(19-23-9-7-8-10-27(23)31)22(2)29(36)32-30(3,4)5/h7-18,22H,19-20H2,1-6H3,(H,32,36)/t22-/m0/s1. The van der Waals surface area contributed by atoms with E-state index in [0.717, 1.165) is 9.87 Å². The number of carbonyl (C=O) groups is 2. The number of hydrogen-bond donors (Lipinski definition) is 1. The van der Waals surface area contributed by atoms with Crippen LogP contribution in [0, 0.1) is 12.7 Å². The molecule has 1 atom stereocenters. The molecule has 0 aromatic heterocycles. The van der Waals surface area contributed by atoms with Crippen molar-refractivity contribution in [2.45, 2.75) is 57.6 Å². The molecule has 3 rings (SSSR count). The molecule has 0 fully saturated rings. The van der Waals surface area contributed by atoms with E-state index >= 15 is 0 Å². The zero-order valence-electron chi connectivity index (χ0n) is 23.6. The number of carbonyl (C=O) groups excluding carboxylic acids is 2. The van der Waals surface area contributed by atoms with Gasteiger partial charge in [0.1, 0.15) is 24.2 Å². The van der Waals surface area contributed by atoms with Crippen molar-refractivity contribution in [2.75, 3.05) is 18.0 Å². The zero-order chi connectivity index (χ0) is 29.7. The number of amides is 2. The van der Waals surface area contributed by atoms with Crippen molar-refractivity contribution in [3.8, 4) is 5.75 Å². The first-order chi connectivity index (χ1) is 18.7. The molecule has 2 amide bonds. The second-order valence-corrected chi connectivity index (χ2v) is 12.4. The molecule has 40 heavy (non-hydrogen) atoms. The number of methoxy groups -OCH3 is 1. The zero-order valence-corrected chi connectivity index (χ0v) is 24.5. The number of halogens is 1. The van der Waals surface area contributed by atoms with Crippen LogP contribution in [0.1, 0.15) is 38.8 Å². The Bertz CT molecular complexity index is 1440. The number of sulfonamides is 1. The molecule has 3 aromatic carbocycles. The Labute approximate surface area is 235 Å². The number of hydrogen-bond acceptors (Lipinski definition) is 5. The average Bonchev–Trinajstić information content (AvgIpc) is 2.90. The fraction of sp³-hybridized carbons (Fsp3) is 0.333. The maximum atomic E-state index is 14.6. The van der Waals surface area contributed by atoms with E-state index in [4.69, 9.17) is 4.74 Å². The maximum Gasteiger partial charge on any atom is 0.264 e. The van der Waals surface area contributed by atoms with Crippen molar-refractivity contribution in [3.63, 3.8) is 0 Å². The number of rotatable bonds is 10. The SMILES string of the molecule is COc1ccc(N(CC(=O)N(Cc2ccccc2F)[C@@H](C)C(=O)NC(C)(C)C)S(=O)(=O)c2ccc(C)cc2)cc1. The third kappa shape index (κ3) is 7.59. The topological polar surface area (TPSA) is 96.0 Å². The van der Waals surface area contributed by atoms with E-state index in [9.17, 15) is 22.4 Å². The van der Waals surface area contributed by atoms with E-state index in [-0.39, 0.29) is 22.7 Å². The summed E-state index contributed by atoms with van der Waals surface area (Å²) >= 11 is 0. The van der Waals surface area contributed by atoms with Crippen LogP contribution in [0.3, 0.4) is 0 Å².